The lowest BCUT2D eigenvalue weighted by molar-refractivity contribution is 0.0486. The summed E-state index contributed by atoms with van der Waals surface area (Å²) in [4.78, 5) is 17.4. The fourth-order valence-electron chi connectivity index (χ4n) is 2.94. The molecule has 0 amide bonds. The highest BCUT2D eigenvalue weighted by Gasteiger charge is 2.20. The van der Waals surface area contributed by atoms with Crippen LogP contribution in [0.2, 0.25) is 0 Å². The first-order chi connectivity index (χ1) is 12.4. The fourth-order valence-corrected chi connectivity index (χ4v) is 3.06. The molecule has 2 aromatic heterocycles. The van der Waals surface area contributed by atoms with Crippen molar-refractivity contribution in [3.63, 3.8) is 0 Å². The van der Waals surface area contributed by atoms with Crippen molar-refractivity contribution in [2.24, 2.45) is 0 Å². The minimum atomic E-state index is -0.298. The van der Waals surface area contributed by atoms with E-state index in [0.29, 0.717) is 18.7 Å². The lowest BCUT2D eigenvalue weighted by Crippen LogP contribution is -2.20. The van der Waals surface area contributed by atoms with Crippen LogP contribution in [0.4, 0.5) is 0 Å². The Morgan fingerprint density at radius 3 is 2.58 bits per heavy atom. The summed E-state index contributed by atoms with van der Waals surface area (Å²) >= 11 is 5.49. The van der Waals surface area contributed by atoms with Gasteiger partial charge in [0.25, 0.3) is 0 Å². The SMILES string of the molecule is CN(C)CCOC(=O)c1c2ccc(C(=S)N(C)C)cc2n2ccccc12. The van der Waals surface area contributed by atoms with Gasteiger partial charge in [-0.25, -0.2) is 4.79 Å². The molecular formula is C20H23N3O2S. The second-order valence-electron chi connectivity index (χ2n) is 6.70. The predicted octanol–water partition coefficient (Wildman–Crippen LogP) is 3.05. The van der Waals surface area contributed by atoms with Gasteiger partial charge in [0.15, 0.2) is 0 Å². The molecule has 3 rings (SSSR count). The molecule has 26 heavy (non-hydrogen) atoms. The van der Waals surface area contributed by atoms with Crippen LogP contribution in [0.15, 0.2) is 42.6 Å². The Morgan fingerprint density at radius 2 is 1.88 bits per heavy atom. The van der Waals surface area contributed by atoms with Gasteiger partial charge in [0.2, 0.25) is 0 Å². The molecule has 0 radical (unpaired) electrons. The van der Waals surface area contributed by atoms with Crippen molar-refractivity contribution in [2.75, 3.05) is 41.3 Å². The van der Waals surface area contributed by atoms with Crippen LogP contribution in [0.5, 0.6) is 0 Å². The van der Waals surface area contributed by atoms with Gasteiger partial charge >= 0.3 is 5.97 Å². The van der Waals surface area contributed by atoms with E-state index in [2.05, 4.69) is 0 Å². The zero-order chi connectivity index (χ0) is 18.8. The summed E-state index contributed by atoms with van der Waals surface area (Å²) in [6.07, 6.45) is 1.96. The molecule has 0 spiro atoms. The highest BCUT2D eigenvalue weighted by molar-refractivity contribution is 7.80. The quantitative estimate of drug-likeness (QED) is 0.510. The maximum Gasteiger partial charge on any atom is 0.341 e. The van der Waals surface area contributed by atoms with E-state index in [9.17, 15) is 4.79 Å². The lowest BCUT2D eigenvalue weighted by atomic mass is 10.1. The van der Waals surface area contributed by atoms with Gasteiger partial charge in [0, 0.05) is 37.8 Å². The first-order valence-electron chi connectivity index (χ1n) is 8.46. The van der Waals surface area contributed by atoms with E-state index >= 15 is 0 Å². The van der Waals surface area contributed by atoms with Gasteiger partial charge in [-0.05, 0) is 32.3 Å². The van der Waals surface area contributed by atoms with Crippen molar-refractivity contribution >= 4 is 39.6 Å². The van der Waals surface area contributed by atoms with Crippen LogP contribution in [0.25, 0.3) is 16.4 Å². The fraction of sp³-hybridized carbons (Fsp3) is 0.300. The average Bonchev–Trinajstić information content (AvgIpc) is 2.94. The standard InChI is InChI=1S/C20H23N3O2S/c1-21(2)11-12-25-20(24)18-15-9-8-14(19(26)22(3)4)13-17(15)23-10-6-5-7-16(18)23/h5-10,13H,11-12H2,1-4H3. The molecule has 5 nitrogen and oxygen atoms in total. The number of esters is 1. The maximum absolute atomic E-state index is 12.8. The van der Waals surface area contributed by atoms with Gasteiger partial charge in [0.05, 0.1) is 16.6 Å². The summed E-state index contributed by atoms with van der Waals surface area (Å²) in [5.74, 6) is -0.298. The molecule has 0 unspecified atom stereocenters. The first kappa shape index (κ1) is 18.4. The Balaban J connectivity index is 2.10. The zero-order valence-corrected chi connectivity index (χ0v) is 16.3. The van der Waals surface area contributed by atoms with E-state index in [-0.39, 0.29) is 5.97 Å². The van der Waals surface area contributed by atoms with Crippen LogP contribution in [0, 0.1) is 0 Å². The van der Waals surface area contributed by atoms with Crippen LogP contribution < -0.4 is 0 Å². The number of pyridine rings is 1. The van der Waals surface area contributed by atoms with Crippen molar-refractivity contribution in [3.8, 4) is 0 Å². The Kier molecular flexibility index (Phi) is 5.25. The van der Waals surface area contributed by atoms with Gasteiger partial charge in [0.1, 0.15) is 11.6 Å². The highest BCUT2D eigenvalue weighted by atomic mass is 32.1. The Hall–Kier alpha value is -2.44. The molecule has 0 atom stereocenters. The molecule has 0 fully saturated rings. The summed E-state index contributed by atoms with van der Waals surface area (Å²) in [5.41, 5.74) is 3.34. The van der Waals surface area contributed by atoms with Crippen molar-refractivity contribution in [1.29, 1.82) is 0 Å². The summed E-state index contributed by atoms with van der Waals surface area (Å²) in [6, 6.07) is 11.8. The van der Waals surface area contributed by atoms with Gasteiger partial charge < -0.3 is 18.9 Å². The maximum atomic E-state index is 12.8. The number of thiocarbonyl (C=S) groups is 1. The van der Waals surface area contributed by atoms with E-state index in [1.54, 1.807) is 0 Å². The Labute approximate surface area is 158 Å². The molecule has 0 bridgehead atoms. The summed E-state index contributed by atoms with van der Waals surface area (Å²) in [5, 5.41) is 0.872. The van der Waals surface area contributed by atoms with Crippen molar-refractivity contribution in [3.05, 3.63) is 53.7 Å². The molecule has 0 N–H and O–H groups in total. The van der Waals surface area contributed by atoms with Crippen LogP contribution >= 0.6 is 12.2 Å². The number of aromatic nitrogens is 1. The van der Waals surface area contributed by atoms with E-state index in [0.717, 1.165) is 27.0 Å². The third-order valence-corrected chi connectivity index (χ3v) is 4.87. The van der Waals surface area contributed by atoms with Crippen LogP contribution in [-0.4, -0.2) is 66.5 Å². The second-order valence-corrected chi connectivity index (χ2v) is 7.09. The first-order valence-corrected chi connectivity index (χ1v) is 8.87. The van der Waals surface area contributed by atoms with E-state index in [1.165, 1.54) is 0 Å². The number of nitrogens with zero attached hydrogens (tertiary/aromatic N) is 3. The van der Waals surface area contributed by atoms with Crippen LogP contribution in [-0.2, 0) is 4.74 Å². The second kappa shape index (κ2) is 7.43. The number of ether oxygens (including phenoxy) is 1. The predicted molar refractivity (Wildman–Crippen MR) is 109 cm³/mol. The number of fused-ring (bicyclic) bond motifs is 3. The molecule has 3 aromatic rings. The molecule has 6 heteroatoms. The molecule has 0 aliphatic rings. The average molecular weight is 369 g/mol. The van der Waals surface area contributed by atoms with E-state index in [1.807, 2.05) is 85.0 Å². The number of benzene rings is 1. The molecule has 0 saturated carbocycles. The van der Waals surface area contributed by atoms with Gasteiger partial charge in [-0.3, -0.25) is 0 Å². The molecular weight excluding hydrogens is 346 g/mol. The minimum Gasteiger partial charge on any atom is -0.461 e. The smallest absolute Gasteiger partial charge is 0.341 e. The molecule has 0 saturated heterocycles. The molecule has 0 aliphatic carbocycles. The van der Waals surface area contributed by atoms with Crippen LogP contribution in [0.1, 0.15) is 15.9 Å². The topological polar surface area (TPSA) is 37.2 Å². The largest absolute Gasteiger partial charge is 0.461 e. The third kappa shape index (κ3) is 3.43. The molecule has 136 valence electrons. The lowest BCUT2D eigenvalue weighted by Gasteiger charge is -2.13. The number of rotatable bonds is 5. The van der Waals surface area contributed by atoms with Gasteiger partial charge in [-0.2, -0.15) is 0 Å². The number of carbonyl (C=O) groups excluding carboxylic acids is 1. The van der Waals surface area contributed by atoms with Crippen molar-refractivity contribution in [1.82, 2.24) is 14.2 Å². The third-order valence-electron chi connectivity index (χ3n) is 4.27. The number of likely N-dealkylation sites (N-methyl/N-ethyl adjacent to an activating group) is 1. The van der Waals surface area contributed by atoms with Crippen molar-refractivity contribution < 1.29 is 9.53 Å². The van der Waals surface area contributed by atoms with Gasteiger partial charge in [-0.15, -0.1) is 0 Å². The molecule has 2 heterocycles. The summed E-state index contributed by atoms with van der Waals surface area (Å²) in [7, 11) is 7.75. The summed E-state index contributed by atoms with van der Waals surface area (Å²) in [6.45, 7) is 1.05. The Bertz CT molecular complexity index is 976. The summed E-state index contributed by atoms with van der Waals surface area (Å²) < 4.78 is 7.51. The zero-order valence-electron chi connectivity index (χ0n) is 15.5. The minimum absolute atomic E-state index is 0.298. The molecule has 1 aromatic carbocycles. The Morgan fingerprint density at radius 1 is 1.12 bits per heavy atom. The van der Waals surface area contributed by atoms with E-state index in [4.69, 9.17) is 17.0 Å². The van der Waals surface area contributed by atoms with Crippen molar-refractivity contribution in [2.45, 2.75) is 0 Å². The monoisotopic (exact) mass is 369 g/mol. The number of hydrogen-bond donors (Lipinski definition) is 0. The number of hydrogen-bond acceptors (Lipinski definition) is 4. The normalized spacial score (nSPS) is 11.3. The van der Waals surface area contributed by atoms with Crippen LogP contribution in [0.3, 0.4) is 0 Å². The van der Waals surface area contributed by atoms with Gasteiger partial charge in [-0.1, -0.05) is 30.4 Å². The molecule has 0 aliphatic heterocycles. The van der Waals surface area contributed by atoms with E-state index < -0.39 is 0 Å². The number of carbonyl (C=O) groups is 1. The highest BCUT2D eigenvalue weighted by Crippen LogP contribution is 2.28.